The number of benzene rings is 2. The summed E-state index contributed by atoms with van der Waals surface area (Å²) in [7, 11) is -3.68. The van der Waals surface area contributed by atoms with Gasteiger partial charge in [0.1, 0.15) is 0 Å². The number of fused-ring (bicyclic) bond motifs is 1. The zero-order valence-electron chi connectivity index (χ0n) is 12.5. The molecule has 0 saturated heterocycles. The minimum Gasteiger partial charge on any atom is -0.295 e. The number of anilines is 1. The summed E-state index contributed by atoms with van der Waals surface area (Å²) < 4.78 is 27.5. The molecule has 1 aliphatic heterocycles. The molecule has 0 saturated carbocycles. The molecular weight excluding hydrogens is 298 g/mol. The Bertz CT molecular complexity index is 842. The maximum atomic E-state index is 13.0. The second kappa shape index (κ2) is 5.25. The molecule has 0 radical (unpaired) electrons. The summed E-state index contributed by atoms with van der Waals surface area (Å²) in [4.78, 5) is 11.7. The van der Waals surface area contributed by atoms with Crippen LogP contribution in [0.2, 0.25) is 0 Å². The van der Waals surface area contributed by atoms with Crippen LogP contribution >= 0.6 is 0 Å². The van der Waals surface area contributed by atoms with E-state index in [9.17, 15) is 13.2 Å². The Labute approximate surface area is 130 Å². The van der Waals surface area contributed by atoms with Gasteiger partial charge in [0.2, 0.25) is 0 Å². The maximum Gasteiger partial charge on any atom is 0.264 e. The number of carbonyl (C=O) groups excluding carboxylic acids is 1. The van der Waals surface area contributed by atoms with E-state index in [0.717, 1.165) is 11.3 Å². The quantitative estimate of drug-likeness (QED) is 0.818. The Kier molecular flexibility index (Phi) is 3.53. The van der Waals surface area contributed by atoms with Crippen molar-refractivity contribution in [2.24, 2.45) is 0 Å². The van der Waals surface area contributed by atoms with Crippen molar-refractivity contribution in [3.05, 3.63) is 59.7 Å². The van der Waals surface area contributed by atoms with Crippen molar-refractivity contribution in [1.82, 2.24) is 0 Å². The molecule has 0 spiro atoms. The fourth-order valence-electron chi connectivity index (χ4n) is 2.89. The van der Waals surface area contributed by atoms with Gasteiger partial charge in [-0.2, -0.15) is 0 Å². The predicted molar refractivity (Wildman–Crippen MR) is 85.7 cm³/mol. The van der Waals surface area contributed by atoms with Gasteiger partial charge in [-0.15, -0.1) is 0 Å². The highest BCUT2D eigenvalue weighted by molar-refractivity contribution is 7.92. The summed E-state index contributed by atoms with van der Waals surface area (Å²) in [5, 5.41) is 0. The molecule has 22 heavy (non-hydrogen) atoms. The molecule has 0 bridgehead atoms. The first kappa shape index (κ1) is 14.8. The molecule has 1 atom stereocenters. The van der Waals surface area contributed by atoms with Crippen molar-refractivity contribution < 1.29 is 13.2 Å². The van der Waals surface area contributed by atoms with E-state index < -0.39 is 10.0 Å². The van der Waals surface area contributed by atoms with Crippen LogP contribution in [0.4, 0.5) is 5.69 Å². The number of hydrogen-bond acceptors (Lipinski definition) is 3. The molecule has 4 nitrogen and oxygen atoms in total. The van der Waals surface area contributed by atoms with E-state index in [0.29, 0.717) is 12.0 Å². The summed E-state index contributed by atoms with van der Waals surface area (Å²) in [6.45, 7) is 3.33. The normalized spacial score (nSPS) is 17.4. The lowest BCUT2D eigenvalue weighted by Gasteiger charge is -2.24. The second-order valence-electron chi connectivity index (χ2n) is 5.57. The molecule has 0 fully saturated rings. The molecule has 1 heterocycles. The molecule has 2 aromatic rings. The minimum atomic E-state index is -3.68. The fourth-order valence-corrected chi connectivity index (χ4v) is 4.63. The van der Waals surface area contributed by atoms with E-state index in [2.05, 4.69) is 0 Å². The van der Waals surface area contributed by atoms with Gasteiger partial charge in [-0.1, -0.05) is 30.3 Å². The zero-order chi connectivity index (χ0) is 15.9. The third kappa shape index (κ3) is 2.31. The Hall–Kier alpha value is -2.14. The van der Waals surface area contributed by atoms with Crippen LogP contribution in [0.1, 0.15) is 29.8 Å². The summed E-state index contributed by atoms with van der Waals surface area (Å²) in [6.07, 6.45) is 0.696. The van der Waals surface area contributed by atoms with E-state index in [4.69, 9.17) is 0 Å². The lowest BCUT2D eigenvalue weighted by molar-refractivity contribution is 0.101. The lowest BCUT2D eigenvalue weighted by Crippen LogP contribution is -2.35. The Morgan fingerprint density at radius 2 is 1.86 bits per heavy atom. The van der Waals surface area contributed by atoms with E-state index in [1.165, 1.54) is 23.4 Å². The Morgan fingerprint density at radius 1 is 1.14 bits per heavy atom. The lowest BCUT2D eigenvalue weighted by atomic mass is 10.1. The number of sulfonamides is 1. The third-order valence-electron chi connectivity index (χ3n) is 3.94. The molecule has 1 aliphatic rings. The van der Waals surface area contributed by atoms with Gasteiger partial charge in [-0.05, 0) is 44.0 Å². The second-order valence-corrected chi connectivity index (χ2v) is 7.38. The van der Waals surface area contributed by atoms with E-state index in [-0.39, 0.29) is 16.7 Å². The van der Waals surface area contributed by atoms with Crippen LogP contribution in [0.5, 0.6) is 0 Å². The van der Waals surface area contributed by atoms with Gasteiger partial charge in [-0.25, -0.2) is 8.42 Å². The average Bonchev–Trinajstić information content (AvgIpc) is 2.83. The van der Waals surface area contributed by atoms with Crippen LogP contribution in [0.25, 0.3) is 0 Å². The van der Waals surface area contributed by atoms with Crippen molar-refractivity contribution in [1.29, 1.82) is 0 Å². The number of Topliss-reactive ketones (excluding diaryl/α,β-unsaturated/α-hetero) is 1. The van der Waals surface area contributed by atoms with Crippen molar-refractivity contribution >= 4 is 21.5 Å². The minimum absolute atomic E-state index is 0.136. The molecule has 0 aromatic heterocycles. The standard InChI is InChI=1S/C17H17NO3S/c1-12-10-15-6-3-4-9-17(15)18(12)22(20,21)16-8-5-7-14(11-16)13(2)19/h3-9,11-12H,10H2,1-2H3/t12-/m0/s1. The number of ketones is 1. The first-order chi connectivity index (χ1) is 10.4. The Balaban J connectivity index is 2.11. The number of carbonyl (C=O) groups is 1. The van der Waals surface area contributed by atoms with Crippen LogP contribution in [0, 0.1) is 0 Å². The molecule has 5 heteroatoms. The summed E-state index contributed by atoms with van der Waals surface area (Å²) in [6, 6.07) is 13.6. The van der Waals surface area contributed by atoms with Crippen LogP contribution in [-0.2, 0) is 16.4 Å². The largest absolute Gasteiger partial charge is 0.295 e. The highest BCUT2D eigenvalue weighted by Gasteiger charge is 2.35. The van der Waals surface area contributed by atoms with Gasteiger partial charge in [0.15, 0.2) is 5.78 Å². The average molecular weight is 315 g/mol. The maximum absolute atomic E-state index is 13.0. The third-order valence-corrected chi connectivity index (χ3v) is 5.87. The van der Waals surface area contributed by atoms with Crippen molar-refractivity contribution in [3.63, 3.8) is 0 Å². The van der Waals surface area contributed by atoms with Crippen LogP contribution in [-0.4, -0.2) is 20.2 Å². The molecule has 2 aromatic carbocycles. The van der Waals surface area contributed by atoms with Crippen LogP contribution < -0.4 is 4.31 Å². The number of nitrogens with zero attached hydrogens (tertiary/aromatic N) is 1. The van der Waals surface area contributed by atoms with Crippen LogP contribution in [0.15, 0.2) is 53.4 Å². The van der Waals surface area contributed by atoms with Crippen LogP contribution in [0.3, 0.4) is 0 Å². The fraction of sp³-hybridized carbons (Fsp3) is 0.235. The molecule has 3 rings (SSSR count). The van der Waals surface area contributed by atoms with Gasteiger partial charge >= 0.3 is 0 Å². The SMILES string of the molecule is CC(=O)c1cccc(S(=O)(=O)N2c3ccccc3C[C@@H]2C)c1. The van der Waals surface area contributed by atoms with Gasteiger partial charge < -0.3 is 0 Å². The van der Waals surface area contributed by atoms with E-state index in [1.54, 1.807) is 12.1 Å². The van der Waals surface area contributed by atoms with Crippen molar-refractivity contribution in [3.8, 4) is 0 Å². The summed E-state index contributed by atoms with van der Waals surface area (Å²) in [5.74, 6) is -0.146. The molecule has 0 amide bonds. The molecule has 0 unspecified atom stereocenters. The summed E-state index contributed by atoms with van der Waals surface area (Å²) in [5.41, 5.74) is 2.16. The highest BCUT2D eigenvalue weighted by atomic mass is 32.2. The molecule has 114 valence electrons. The predicted octanol–water partition coefficient (Wildman–Crippen LogP) is 3.03. The van der Waals surface area contributed by atoms with Crippen molar-refractivity contribution in [2.45, 2.75) is 31.2 Å². The number of rotatable bonds is 3. The van der Waals surface area contributed by atoms with E-state index in [1.807, 2.05) is 31.2 Å². The number of para-hydroxylation sites is 1. The monoisotopic (exact) mass is 315 g/mol. The van der Waals surface area contributed by atoms with Crippen molar-refractivity contribution in [2.75, 3.05) is 4.31 Å². The first-order valence-electron chi connectivity index (χ1n) is 7.14. The van der Waals surface area contributed by atoms with Gasteiger partial charge in [0.25, 0.3) is 10.0 Å². The first-order valence-corrected chi connectivity index (χ1v) is 8.58. The summed E-state index contributed by atoms with van der Waals surface area (Å²) >= 11 is 0. The van der Waals surface area contributed by atoms with E-state index >= 15 is 0 Å². The molecule has 0 aliphatic carbocycles. The topological polar surface area (TPSA) is 54.5 Å². The zero-order valence-corrected chi connectivity index (χ0v) is 13.3. The molecule has 0 N–H and O–H groups in total. The highest BCUT2D eigenvalue weighted by Crippen LogP contribution is 2.36. The van der Waals surface area contributed by atoms with Gasteiger partial charge in [0.05, 0.1) is 10.6 Å². The van der Waals surface area contributed by atoms with Gasteiger partial charge in [-0.3, -0.25) is 9.10 Å². The number of hydrogen-bond donors (Lipinski definition) is 0. The smallest absolute Gasteiger partial charge is 0.264 e. The van der Waals surface area contributed by atoms with Gasteiger partial charge in [0, 0.05) is 11.6 Å². The molecular formula is C17H17NO3S. The Morgan fingerprint density at radius 3 is 2.59 bits per heavy atom.